The monoisotopic (exact) mass is 392 g/mol. The van der Waals surface area contributed by atoms with Crippen LogP contribution in [-0.2, 0) is 10.0 Å². The normalized spacial score (nSPS) is 11.3. The smallest absolute Gasteiger partial charge is 0.266 e. The SMILES string of the molecule is Nc1cccc(F)c1S(=O)(=O)Nc1ccccc1I. The standard InChI is InChI=1S/C12H10FIN2O2S/c13-8-4-3-6-10(15)12(8)19(17,18)16-11-7-2-1-5-9(11)14/h1-7,16H,15H2. The molecular weight excluding hydrogens is 382 g/mol. The summed E-state index contributed by atoms with van der Waals surface area (Å²) in [5.74, 6) is -0.876. The molecule has 0 bridgehead atoms. The van der Waals surface area contributed by atoms with Crippen molar-refractivity contribution in [2.75, 3.05) is 10.5 Å². The number of sulfonamides is 1. The molecule has 0 amide bonds. The van der Waals surface area contributed by atoms with Crippen molar-refractivity contribution in [1.29, 1.82) is 0 Å². The first-order chi connectivity index (χ1) is 8.92. The van der Waals surface area contributed by atoms with Gasteiger partial charge in [0.05, 0.1) is 11.4 Å². The zero-order valence-corrected chi connectivity index (χ0v) is 12.6. The first kappa shape index (κ1) is 14.1. The van der Waals surface area contributed by atoms with Gasteiger partial charge in [0.2, 0.25) is 0 Å². The summed E-state index contributed by atoms with van der Waals surface area (Å²) < 4.78 is 41.0. The highest BCUT2D eigenvalue weighted by atomic mass is 127. The molecule has 0 spiro atoms. The van der Waals surface area contributed by atoms with Crippen LogP contribution in [0, 0.1) is 9.39 Å². The Morgan fingerprint density at radius 1 is 1.11 bits per heavy atom. The van der Waals surface area contributed by atoms with Crippen LogP contribution in [0.5, 0.6) is 0 Å². The van der Waals surface area contributed by atoms with E-state index in [9.17, 15) is 12.8 Å². The zero-order chi connectivity index (χ0) is 14.0. The second-order valence-electron chi connectivity index (χ2n) is 3.74. The molecule has 0 heterocycles. The van der Waals surface area contributed by atoms with E-state index in [1.807, 2.05) is 22.6 Å². The Bertz CT molecular complexity index is 699. The minimum atomic E-state index is -4.05. The second kappa shape index (κ2) is 5.33. The number of hydrogen-bond acceptors (Lipinski definition) is 3. The van der Waals surface area contributed by atoms with Gasteiger partial charge in [0.1, 0.15) is 10.7 Å². The Hall–Kier alpha value is -1.35. The molecule has 3 N–H and O–H groups in total. The third kappa shape index (κ3) is 2.98. The fraction of sp³-hybridized carbons (Fsp3) is 0. The summed E-state index contributed by atoms with van der Waals surface area (Å²) in [7, 11) is -4.05. The summed E-state index contributed by atoms with van der Waals surface area (Å²) in [6.07, 6.45) is 0. The van der Waals surface area contributed by atoms with E-state index in [0.717, 1.165) is 6.07 Å². The van der Waals surface area contributed by atoms with Crippen LogP contribution in [0.15, 0.2) is 47.4 Å². The molecule has 100 valence electrons. The number of halogens is 2. The zero-order valence-electron chi connectivity index (χ0n) is 9.60. The quantitative estimate of drug-likeness (QED) is 0.624. The second-order valence-corrected chi connectivity index (χ2v) is 6.52. The summed E-state index contributed by atoms with van der Waals surface area (Å²) in [5.41, 5.74) is 5.79. The summed E-state index contributed by atoms with van der Waals surface area (Å²) in [6.45, 7) is 0. The molecule has 19 heavy (non-hydrogen) atoms. The van der Waals surface area contributed by atoms with Crippen LogP contribution in [0.3, 0.4) is 0 Å². The largest absolute Gasteiger partial charge is 0.398 e. The molecule has 0 aliphatic rings. The van der Waals surface area contributed by atoms with Gasteiger partial charge in [0.25, 0.3) is 10.0 Å². The maximum atomic E-state index is 13.6. The van der Waals surface area contributed by atoms with Crippen molar-refractivity contribution < 1.29 is 12.8 Å². The highest BCUT2D eigenvalue weighted by molar-refractivity contribution is 14.1. The fourth-order valence-electron chi connectivity index (χ4n) is 1.55. The van der Waals surface area contributed by atoms with Gasteiger partial charge in [-0.25, -0.2) is 12.8 Å². The van der Waals surface area contributed by atoms with E-state index in [4.69, 9.17) is 5.73 Å². The predicted octanol–water partition coefficient (Wildman–Crippen LogP) is 2.81. The van der Waals surface area contributed by atoms with Crippen molar-refractivity contribution >= 4 is 44.0 Å². The number of anilines is 2. The van der Waals surface area contributed by atoms with E-state index >= 15 is 0 Å². The van der Waals surface area contributed by atoms with E-state index in [-0.39, 0.29) is 5.69 Å². The molecule has 2 aromatic carbocycles. The maximum absolute atomic E-state index is 13.6. The summed E-state index contributed by atoms with van der Waals surface area (Å²) in [5, 5.41) is 0. The highest BCUT2D eigenvalue weighted by Crippen LogP contribution is 2.26. The molecule has 4 nitrogen and oxygen atoms in total. The molecule has 7 heteroatoms. The maximum Gasteiger partial charge on any atom is 0.266 e. The third-order valence-electron chi connectivity index (χ3n) is 2.38. The lowest BCUT2D eigenvalue weighted by Gasteiger charge is -2.11. The van der Waals surface area contributed by atoms with Crippen molar-refractivity contribution in [1.82, 2.24) is 0 Å². The van der Waals surface area contributed by atoms with Crippen LogP contribution >= 0.6 is 22.6 Å². The lowest BCUT2D eigenvalue weighted by molar-refractivity contribution is 0.572. The Balaban J connectivity index is 2.47. The van der Waals surface area contributed by atoms with Gasteiger partial charge in [-0.2, -0.15) is 0 Å². The molecule has 2 rings (SSSR count). The number of benzene rings is 2. The van der Waals surface area contributed by atoms with Crippen LogP contribution < -0.4 is 10.5 Å². The van der Waals surface area contributed by atoms with E-state index in [1.165, 1.54) is 12.1 Å². The average Bonchev–Trinajstić information content (AvgIpc) is 2.31. The minimum Gasteiger partial charge on any atom is -0.398 e. The van der Waals surface area contributed by atoms with Crippen molar-refractivity contribution in [2.45, 2.75) is 4.90 Å². The molecule has 0 atom stereocenters. The first-order valence-corrected chi connectivity index (χ1v) is 7.79. The fourth-order valence-corrected chi connectivity index (χ4v) is 3.53. The van der Waals surface area contributed by atoms with Crippen molar-refractivity contribution in [3.8, 4) is 0 Å². The molecule has 0 unspecified atom stereocenters. The van der Waals surface area contributed by atoms with Gasteiger partial charge in [0, 0.05) is 3.57 Å². The molecule has 0 saturated heterocycles. The number of rotatable bonds is 3. The number of nitrogens with two attached hydrogens (primary N) is 1. The molecular formula is C12H10FIN2O2S. The van der Waals surface area contributed by atoms with Gasteiger partial charge < -0.3 is 5.73 Å². The lowest BCUT2D eigenvalue weighted by atomic mass is 10.3. The molecule has 0 fully saturated rings. The van der Waals surface area contributed by atoms with Gasteiger partial charge in [-0.3, -0.25) is 4.72 Å². The molecule has 2 aromatic rings. The highest BCUT2D eigenvalue weighted by Gasteiger charge is 2.22. The van der Waals surface area contributed by atoms with E-state index in [2.05, 4.69) is 4.72 Å². The summed E-state index contributed by atoms with van der Waals surface area (Å²) in [4.78, 5) is -0.533. The molecule has 0 radical (unpaired) electrons. The van der Waals surface area contributed by atoms with Crippen molar-refractivity contribution in [3.05, 3.63) is 51.9 Å². The Morgan fingerprint density at radius 3 is 2.42 bits per heavy atom. The average molecular weight is 392 g/mol. The number of para-hydroxylation sites is 1. The Kier molecular flexibility index (Phi) is 3.95. The van der Waals surface area contributed by atoms with Crippen LogP contribution in [0.4, 0.5) is 15.8 Å². The van der Waals surface area contributed by atoms with Crippen molar-refractivity contribution in [3.63, 3.8) is 0 Å². The first-order valence-electron chi connectivity index (χ1n) is 5.23. The van der Waals surface area contributed by atoms with Crippen LogP contribution in [0.2, 0.25) is 0 Å². The lowest BCUT2D eigenvalue weighted by Crippen LogP contribution is -2.17. The molecule has 0 aliphatic carbocycles. The number of nitrogens with one attached hydrogen (secondary N) is 1. The van der Waals surface area contributed by atoms with Crippen LogP contribution in [0.25, 0.3) is 0 Å². The summed E-state index contributed by atoms with van der Waals surface area (Å²) >= 11 is 1.99. The van der Waals surface area contributed by atoms with Gasteiger partial charge in [-0.15, -0.1) is 0 Å². The third-order valence-corrected chi connectivity index (χ3v) is 4.78. The van der Waals surface area contributed by atoms with Gasteiger partial charge in [-0.1, -0.05) is 18.2 Å². The molecule has 0 aromatic heterocycles. The molecule has 0 saturated carbocycles. The van der Waals surface area contributed by atoms with Gasteiger partial charge >= 0.3 is 0 Å². The van der Waals surface area contributed by atoms with Crippen LogP contribution in [-0.4, -0.2) is 8.42 Å². The molecule has 0 aliphatic heterocycles. The van der Waals surface area contributed by atoms with Gasteiger partial charge in [0.15, 0.2) is 0 Å². The Morgan fingerprint density at radius 2 is 1.79 bits per heavy atom. The van der Waals surface area contributed by atoms with E-state index < -0.39 is 20.7 Å². The topological polar surface area (TPSA) is 72.2 Å². The minimum absolute atomic E-state index is 0.126. The Labute approximate surface area is 124 Å². The number of nitrogen functional groups attached to an aromatic ring is 1. The van der Waals surface area contributed by atoms with Crippen molar-refractivity contribution in [2.24, 2.45) is 0 Å². The number of hydrogen-bond donors (Lipinski definition) is 2. The van der Waals surface area contributed by atoms with E-state index in [0.29, 0.717) is 9.26 Å². The van der Waals surface area contributed by atoms with Crippen LogP contribution in [0.1, 0.15) is 0 Å². The van der Waals surface area contributed by atoms with Gasteiger partial charge in [-0.05, 0) is 46.9 Å². The van der Waals surface area contributed by atoms with E-state index in [1.54, 1.807) is 24.3 Å². The predicted molar refractivity (Wildman–Crippen MR) is 80.8 cm³/mol. The summed E-state index contributed by atoms with van der Waals surface area (Å²) in [6, 6.07) is 10.5.